The number of nitrogens with zero attached hydrogens (tertiary/aromatic N) is 1. The van der Waals surface area contributed by atoms with Crippen LogP contribution in [-0.4, -0.2) is 36.3 Å². The minimum absolute atomic E-state index is 0.0117. The number of carboxylic acid groups (broad SMARTS) is 1. The van der Waals surface area contributed by atoms with Gasteiger partial charge in [-0.2, -0.15) is 0 Å². The number of hydrogen-bond acceptors (Lipinski definition) is 5. The summed E-state index contributed by atoms with van der Waals surface area (Å²) in [5.74, 6) is -0.979. The van der Waals surface area contributed by atoms with Crippen molar-refractivity contribution >= 4 is 33.2 Å². The number of aromatic nitrogens is 1. The number of halogens is 1. The fraction of sp³-hybridized carbons (Fsp3) is 0.200. The molecular formula is C10H9ClN2O4S. The summed E-state index contributed by atoms with van der Waals surface area (Å²) in [6.45, 7) is 0. The van der Waals surface area contributed by atoms with Gasteiger partial charge in [0.1, 0.15) is 11.0 Å². The van der Waals surface area contributed by atoms with Gasteiger partial charge in [0.2, 0.25) is 0 Å². The minimum Gasteiger partial charge on any atom is -0.478 e. The third-order valence-corrected chi connectivity index (χ3v) is 3.89. The summed E-state index contributed by atoms with van der Waals surface area (Å²) < 4.78 is 22.4. The fourth-order valence-corrected chi connectivity index (χ4v) is 2.99. The summed E-state index contributed by atoms with van der Waals surface area (Å²) in [7, 11) is -3.17. The van der Waals surface area contributed by atoms with Gasteiger partial charge in [-0.05, 0) is 18.2 Å². The zero-order valence-corrected chi connectivity index (χ0v) is 10.6. The number of rotatable bonds is 3. The minimum atomic E-state index is -3.17. The molecule has 0 bridgehead atoms. The van der Waals surface area contributed by atoms with Gasteiger partial charge in [-0.25, -0.2) is 18.2 Å². The van der Waals surface area contributed by atoms with E-state index < -0.39 is 21.8 Å². The monoisotopic (exact) mass is 288 g/mol. The molecule has 0 saturated heterocycles. The van der Waals surface area contributed by atoms with Crippen LogP contribution in [0.4, 0.5) is 5.82 Å². The molecule has 2 heterocycles. The van der Waals surface area contributed by atoms with E-state index >= 15 is 0 Å². The first-order chi connectivity index (χ1) is 8.35. The SMILES string of the molecule is O=C(O)c1cc(Cl)nc(NC2C=CS(=O)(=O)C2)c1. The van der Waals surface area contributed by atoms with E-state index in [9.17, 15) is 13.2 Å². The smallest absolute Gasteiger partial charge is 0.335 e. The number of carbonyl (C=O) groups is 1. The van der Waals surface area contributed by atoms with Gasteiger partial charge in [0.15, 0.2) is 9.84 Å². The first kappa shape index (κ1) is 12.8. The van der Waals surface area contributed by atoms with Gasteiger partial charge in [-0.3, -0.25) is 0 Å². The summed E-state index contributed by atoms with van der Waals surface area (Å²) >= 11 is 5.68. The topological polar surface area (TPSA) is 96.4 Å². The van der Waals surface area contributed by atoms with E-state index in [1.54, 1.807) is 0 Å². The molecule has 0 aromatic carbocycles. The Balaban J connectivity index is 2.20. The quantitative estimate of drug-likeness (QED) is 0.810. The number of sulfone groups is 1. The predicted octanol–water partition coefficient (Wildman–Crippen LogP) is 1.16. The molecule has 8 heteroatoms. The van der Waals surface area contributed by atoms with Crippen molar-refractivity contribution in [1.29, 1.82) is 0 Å². The fourth-order valence-electron chi connectivity index (χ4n) is 1.55. The second-order valence-corrected chi connectivity index (χ2v) is 6.10. The van der Waals surface area contributed by atoms with Gasteiger partial charge in [0, 0.05) is 5.41 Å². The van der Waals surface area contributed by atoms with E-state index in [1.807, 2.05) is 0 Å². The van der Waals surface area contributed by atoms with E-state index in [0.717, 1.165) is 5.41 Å². The molecule has 6 nitrogen and oxygen atoms in total. The maximum Gasteiger partial charge on any atom is 0.335 e. The van der Waals surface area contributed by atoms with Crippen LogP contribution in [0.5, 0.6) is 0 Å². The number of carboxylic acids is 1. The molecule has 1 atom stereocenters. The van der Waals surface area contributed by atoms with Crippen molar-refractivity contribution < 1.29 is 18.3 Å². The standard InChI is InChI=1S/C10H9ClN2O4S/c11-8-3-6(10(14)15)4-9(13-8)12-7-1-2-18(16,17)5-7/h1-4,7H,5H2,(H,12,13)(H,14,15). The number of nitrogens with one attached hydrogen (secondary N) is 1. The lowest BCUT2D eigenvalue weighted by molar-refractivity contribution is 0.0697. The molecule has 1 aromatic heterocycles. The summed E-state index contributed by atoms with van der Waals surface area (Å²) in [6.07, 6.45) is 1.48. The second kappa shape index (κ2) is 4.58. The van der Waals surface area contributed by atoms with Crippen LogP contribution in [0, 0.1) is 0 Å². The first-order valence-electron chi connectivity index (χ1n) is 4.94. The van der Waals surface area contributed by atoms with Gasteiger partial charge in [0.25, 0.3) is 0 Å². The molecule has 96 valence electrons. The Bertz CT molecular complexity index is 627. The summed E-state index contributed by atoms with van der Waals surface area (Å²) in [5.41, 5.74) is -0.0117. The van der Waals surface area contributed by atoms with E-state index in [2.05, 4.69) is 10.3 Å². The third-order valence-electron chi connectivity index (χ3n) is 2.30. The van der Waals surface area contributed by atoms with Crippen molar-refractivity contribution in [3.63, 3.8) is 0 Å². The maximum absolute atomic E-state index is 11.2. The Kier molecular flexibility index (Phi) is 3.27. The molecule has 1 aromatic rings. The van der Waals surface area contributed by atoms with Crippen molar-refractivity contribution in [3.05, 3.63) is 34.3 Å². The van der Waals surface area contributed by atoms with Gasteiger partial charge >= 0.3 is 5.97 Å². The van der Waals surface area contributed by atoms with Crippen LogP contribution in [0.25, 0.3) is 0 Å². The van der Waals surface area contributed by atoms with E-state index in [4.69, 9.17) is 16.7 Å². The largest absolute Gasteiger partial charge is 0.478 e. The van der Waals surface area contributed by atoms with Crippen molar-refractivity contribution in [2.45, 2.75) is 6.04 Å². The Morgan fingerprint density at radius 2 is 2.22 bits per heavy atom. The van der Waals surface area contributed by atoms with E-state index in [-0.39, 0.29) is 22.3 Å². The van der Waals surface area contributed by atoms with Crippen LogP contribution in [-0.2, 0) is 9.84 Å². The average molecular weight is 289 g/mol. The Morgan fingerprint density at radius 3 is 2.78 bits per heavy atom. The first-order valence-corrected chi connectivity index (χ1v) is 7.03. The summed E-state index contributed by atoms with van der Waals surface area (Å²) in [6, 6.07) is 2.09. The molecule has 1 aliphatic heterocycles. The zero-order chi connectivity index (χ0) is 13.3. The molecule has 0 spiro atoms. The van der Waals surface area contributed by atoms with Gasteiger partial charge < -0.3 is 10.4 Å². The Hall–Kier alpha value is -1.60. The van der Waals surface area contributed by atoms with Crippen molar-refractivity contribution in [2.75, 3.05) is 11.1 Å². The second-order valence-electron chi connectivity index (χ2n) is 3.78. The molecule has 1 aliphatic rings. The highest BCUT2D eigenvalue weighted by Gasteiger charge is 2.22. The van der Waals surface area contributed by atoms with Crippen molar-refractivity contribution in [3.8, 4) is 0 Å². The van der Waals surface area contributed by atoms with Crippen LogP contribution in [0.1, 0.15) is 10.4 Å². The molecule has 18 heavy (non-hydrogen) atoms. The van der Waals surface area contributed by atoms with E-state index in [0.29, 0.717) is 0 Å². The molecule has 2 N–H and O–H groups in total. The average Bonchev–Trinajstić information content (AvgIpc) is 2.57. The third kappa shape index (κ3) is 2.99. The number of aromatic carboxylic acids is 1. The lowest BCUT2D eigenvalue weighted by atomic mass is 10.2. The highest BCUT2D eigenvalue weighted by molar-refractivity contribution is 7.94. The van der Waals surface area contributed by atoms with E-state index in [1.165, 1.54) is 18.2 Å². The lowest BCUT2D eigenvalue weighted by Gasteiger charge is -2.11. The molecule has 0 radical (unpaired) electrons. The normalized spacial score (nSPS) is 20.8. The zero-order valence-electron chi connectivity index (χ0n) is 9.00. The summed E-state index contributed by atoms with van der Waals surface area (Å²) in [5, 5.41) is 12.8. The Morgan fingerprint density at radius 1 is 1.50 bits per heavy atom. The molecule has 0 saturated carbocycles. The van der Waals surface area contributed by atoms with Gasteiger partial charge in [-0.15, -0.1) is 0 Å². The van der Waals surface area contributed by atoms with Gasteiger partial charge in [0.05, 0.1) is 17.4 Å². The van der Waals surface area contributed by atoms with Crippen LogP contribution < -0.4 is 5.32 Å². The number of pyridine rings is 1. The highest BCUT2D eigenvalue weighted by atomic mass is 35.5. The van der Waals surface area contributed by atoms with Crippen molar-refractivity contribution in [1.82, 2.24) is 4.98 Å². The summed E-state index contributed by atoms with van der Waals surface area (Å²) in [4.78, 5) is 14.7. The molecule has 0 fully saturated rings. The highest BCUT2D eigenvalue weighted by Crippen LogP contribution is 2.18. The molecule has 0 amide bonds. The molecule has 0 aliphatic carbocycles. The predicted molar refractivity (Wildman–Crippen MR) is 66.5 cm³/mol. The van der Waals surface area contributed by atoms with Crippen LogP contribution in [0.2, 0.25) is 5.15 Å². The molecular weight excluding hydrogens is 280 g/mol. The molecule has 2 rings (SSSR count). The number of anilines is 1. The van der Waals surface area contributed by atoms with Crippen molar-refractivity contribution in [2.24, 2.45) is 0 Å². The number of hydrogen-bond donors (Lipinski definition) is 2. The maximum atomic E-state index is 11.2. The van der Waals surface area contributed by atoms with Crippen LogP contribution in [0.15, 0.2) is 23.6 Å². The van der Waals surface area contributed by atoms with Crippen LogP contribution in [0.3, 0.4) is 0 Å². The van der Waals surface area contributed by atoms with Gasteiger partial charge in [-0.1, -0.05) is 11.6 Å². The lowest BCUT2D eigenvalue weighted by Crippen LogP contribution is -2.21. The molecule has 1 unspecified atom stereocenters. The Labute approximate surface area is 108 Å². The van der Waals surface area contributed by atoms with Crippen LogP contribution >= 0.6 is 11.6 Å².